The van der Waals surface area contributed by atoms with Crippen LogP contribution in [-0.4, -0.2) is 17.1 Å². The van der Waals surface area contributed by atoms with Crippen LogP contribution >= 0.6 is 0 Å². The van der Waals surface area contributed by atoms with Crippen LogP contribution in [0.2, 0.25) is 0 Å². The molecular formula is C13H9F2N3O. The first-order valence-electron chi connectivity index (χ1n) is 5.35. The predicted molar refractivity (Wildman–Crippen MR) is 65.7 cm³/mol. The summed E-state index contributed by atoms with van der Waals surface area (Å²) in [7, 11) is 0. The summed E-state index contributed by atoms with van der Waals surface area (Å²) in [4.78, 5) is 15.3. The van der Waals surface area contributed by atoms with Gasteiger partial charge in [0.2, 0.25) is 0 Å². The van der Waals surface area contributed by atoms with E-state index in [2.05, 4.69) is 15.5 Å². The molecule has 2 rings (SSSR count). The highest BCUT2D eigenvalue weighted by Crippen LogP contribution is 2.06. The fraction of sp³-hybridized carbons (Fsp3) is 0. The van der Waals surface area contributed by atoms with E-state index >= 15 is 0 Å². The average molecular weight is 261 g/mol. The second-order valence-corrected chi connectivity index (χ2v) is 3.60. The fourth-order valence-electron chi connectivity index (χ4n) is 1.33. The minimum Gasteiger partial charge on any atom is -0.267 e. The molecule has 0 saturated carbocycles. The summed E-state index contributed by atoms with van der Waals surface area (Å²) in [6.45, 7) is 0. The number of carbonyl (C=O) groups excluding carboxylic acids is 1. The van der Waals surface area contributed by atoms with E-state index in [1.54, 1.807) is 0 Å². The topological polar surface area (TPSA) is 54.4 Å². The highest BCUT2D eigenvalue weighted by molar-refractivity contribution is 5.94. The van der Waals surface area contributed by atoms with E-state index < -0.39 is 17.5 Å². The summed E-state index contributed by atoms with van der Waals surface area (Å²) in [6.07, 6.45) is 4.05. The number of benzene rings is 1. The average Bonchev–Trinajstić information content (AvgIpc) is 2.42. The Hall–Kier alpha value is -2.63. The number of nitrogens with one attached hydrogen (secondary N) is 1. The monoisotopic (exact) mass is 261 g/mol. The van der Waals surface area contributed by atoms with E-state index in [0.717, 1.165) is 18.3 Å². The van der Waals surface area contributed by atoms with Crippen LogP contribution in [0.1, 0.15) is 15.9 Å². The number of amides is 1. The van der Waals surface area contributed by atoms with Crippen molar-refractivity contribution in [3.63, 3.8) is 0 Å². The third-order valence-corrected chi connectivity index (χ3v) is 2.27. The molecule has 0 saturated heterocycles. The van der Waals surface area contributed by atoms with Gasteiger partial charge in [-0.3, -0.25) is 9.78 Å². The highest BCUT2D eigenvalue weighted by atomic mass is 19.1. The van der Waals surface area contributed by atoms with Crippen LogP contribution < -0.4 is 5.43 Å². The maximum Gasteiger partial charge on any atom is 0.271 e. The maximum absolute atomic E-state index is 13.2. The van der Waals surface area contributed by atoms with Gasteiger partial charge in [-0.25, -0.2) is 14.2 Å². The fourth-order valence-corrected chi connectivity index (χ4v) is 1.33. The Labute approximate surface area is 107 Å². The number of halogens is 2. The number of pyridine rings is 1. The predicted octanol–water partition coefficient (Wildman–Crippen LogP) is 2.12. The van der Waals surface area contributed by atoms with Crippen LogP contribution in [0.5, 0.6) is 0 Å². The molecule has 1 aromatic heterocycles. The van der Waals surface area contributed by atoms with Gasteiger partial charge in [0.05, 0.1) is 6.21 Å². The third-order valence-electron chi connectivity index (χ3n) is 2.27. The summed E-state index contributed by atoms with van der Waals surface area (Å²) in [5.41, 5.74) is 2.69. The number of rotatable bonds is 3. The van der Waals surface area contributed by atoms with Gasteiger partial charge >= 0.3 is 0 Å². The van der Waals surface area contributed by atoms with Crippen molar-refractivity contribution < 1.29 is 13.6 Å². The first kappa shape index (κ1) is 12.8. The Bertz CT molecular complexity index is 615. The molecule has 1 aromatic carbocycles. The lowest BCUT2D eigenvalue weighted by atomic mass is 10.2. The molecule has 19 heavy (non-hydrogen) atoms. The summed E-state index contributed by atoms with van der Waals surface area (Å²) in [5.74, 6) is -1.86. The second kappa shape index (κ2) is 5.81. The van der Waals surface area contributed by atoms with Crippen molar-refractivity contribution >= 4 is 12.1 Å². The SMILES string of the molecule is O=C(N/N=C\c1ccc(F)cc1F)c1ccncc1. The zero-order valence-electron chi connectivity index (χ0n) is 9.68. The van der Waals surface area contributed by atoms with E-state index in [0.29, 0.717) is 5.56 Å². The maximum atomic E-state index is 13.2. The number of hydrazone groups is 1. The van der Waals surface area contributed by atoms with Crippen LogP contribution in [0, 0.1) is 11.6 Å². The zero-order valence-corrected chi connectivity index (χ0v) is 9.68. The lowest BCUT2D eigenvalue weighted by Gasteiger charge is -1.99. The van der Waals surface area contributed by atoms with Crippen molar-refractivity contribution in [3.8, 4) is 0 Å². The first-order valence-corrected chi connectivity index (χ1v) is 5.35. The van der Waals surface area contributed by atoms with Gasteiger partial charge in [0.1, 0.15) is 11.6 Å². The molecule has 0 radical (unpaired) electrons. The molecule has 0 atom stereocenters. The van der Waals surface area contributed by atoms with Gasteiger partial charge in [-0.2, -0.15) is 5.10 Å². The van der Waals surface area contributed by atoms with Crippen molar-refractivity contribution in [2.45, 2.75) is 0 Å². The van der Waals surface area contributed by atoms with E-state index in [1.807, 2.05) is 0 Å². The van der Waals surface area contributed by atoms with E-state index in [4.69, 9.17) is 0 Å². The highest BCUT2D eigenvalue weighted by Gasteiger charge is 2.03. The number of nitrogens with zero attached hydrogens (tertiary/aromatic N) is 2. The Kier molecular flexibility index (Phi) is 3.92. The normalized spacial score (nSPS) is 10.6. The van der Waals surface area contributed by atoms with Crippen molar-refractivity contribution in [2.75, 3.05) is 0 Å². The molecule has 0 unspecified atom stereocenters. The number of aromatic nitrogens is 1. The molecule has 0 spiro atoms. The molecule has 0 bridgehead atoms. The Morgan fingerprint density at radius 2 is 1.95 bits per heavy atom. The molecule has 0 aliphatic rings. The van der Waals surface area contributed by atoms with Gasteiger partial charge in [0.15, 0.2) is 0 Å². The Morgan fingerprint density at radius 1 is 1.21 bits per heavy atom. The molecule has 0 aliphatic carbocycles. The van der Waals surface area contributed by atoms with E-state index in [1.165, 1.54) is 30.6 Å². The third kappa shape index (κ3) is 3.41. The van der Waals surface area contributed by atoms with Crippen LogP contribution in [0.15, 0.2) is 47.8 Å². The van der Waals surface area contributed by atoms with Crippen molar-refractivity contribution in [3.05, 3.63) is 65.5 Å². The number of hydrogen-bond donors (Lipinski definition) is 1. The zero-order chi connectivity index (χ0) is 13.7. The molecule has 1 N–H and O–H groups in total. The van der Waals surface area contributed by atoms with Gasteiger partial charge in [-0.1, -0.05) is 0 Å². The molecular weight excluding hydrogens is 252 g/mol. The van der Waals surface area contributed by atoms with Crippen LogP contribution in [0.3, 0.4) is 0 Å². The standard InChI is InChI=1S/C13H9F2N3O/c14-11-2-1-10(12(15)7-11)8-17-18-13(19)9-3-5-16-6-4-9/h1-8H,(H,18,19)/b17-8-. The lowest BCUT2D eigenvalue weighted by molar-refractivity contribution is 0.0955. The first-order chi connectivity index (χ1) is 9.16. The summed E-state index contributed by atoms with van der Waals surface area (Å²) >= 11 is 0. The Balaban J connectivity index is 2.02. The van der Waals surface area contributed by atoms with Crippen LogP contribution in [0.4, 0.5) is 8.78 Å². The summed E-state index contributed by atoms with van der Waals surface area (Å²) in [5, 5.41) is 3.60. The summed E-state index contributed by atoms with van der Waals surface area (Å²) < 4.78 is 25.9. The molecule has 96 valence electrons. The molecule has 0 aliphatic heterocycles. The molecule has 2 aromatic rings. The lowest BCUT2D eigenvalue weighted by Crippen LogP contribution is -2.17. The molecule has 1 amide bonds. The number of carbonyl (C=O) groups is 1. The minimum absolute atomic E-state index is 0.0800. The second-order valence-electron chi connectivity index (χ2n) is 3.60. The van der Waals surface area contributed by atoms with Crippen molar-refractivity contribution in [1.29, 1.82) is 0 Å². The molecule has 1 heterocycles. The molecule has 6 heteroatoms. The summed E-state index contributed by atoms with van der Waals surface area (Å²) in [6, 6.07) is 6.11. The number of hydrogen-bond acceptors (Lipinski definition) is 3. The van der Waals surface area contributed by atoms with Crippen molar-refractivity contribution in [1.82, 2.24) is 10.4 Å². The largest absolute Gasteiger partial charge is 0.271 e. The smallest absolute Gasteiger partial charge is 0.267 e. The molecule has 0 fully saturated rings. The Morgan fingerprint density at radius 3 is 2.63 bits per heavy atom. The molecule has 4 nitrogen and oxygen atoms in total. The van der Waals surface area contributed by atoms with Gasteiger partial charge in [0.25, 0.3) is 5.91 Å². The quantitative estimate of drug-likeness (QED) is 0.679. The van der Waals surface area contributed by atoms with Gasteiger partial charge < -0.3 is 0 Å². The van der Waals surface area contributed by atoms with Gasteiger partial charge in [-0.05, 0) is 24.3 Å². The van der Waals surface area contributed by atoms with E-state index in [-0.39, 0.29) is 5.56 Å². The van der Waals surface area contributed by atoms with Crippen molar-refractivity contribution in [2.24, 2.45) is 5.10 Å². The van der Waals surface area contributed by atoms with Gasteiger partial charge in [-0.15, -0.1) is 0 Å². The minimum atomic E-state index is -0.748. The van der Waals surface area contributed by atoms with Gasteiger partial charge in [0, 0.05) is 29.6 Å². The van der Waals surface area contributed by atoms with Crippen LogP contribution in [0.25, 0.3) is 0 Å². The van der Waals surface area contributed by atoms with Crippen LogP contribution in [-0.2, 0) is 0 Å². The van der Waals surface area contributed by atoms with E-state index in [9.17, 15) is 13.6 Å².